The lowest BCUT2D eigenvalue weighted by atomic mass is 10.2. The van der Waals surface area contributed by atoms with Crippen LogP contribution in [-0.4, -0.2) is 16.5 Å². The van der Waals surface area contributed by atoms with Crippen LogP contribution in [0, 0.1) is 0 Å². The number of alkyl halides is 3. The molecule has 20 heavy (non-hydrogen) atoms. The van der Waals surface area contributed by atoms with Gasteiger partial charge in [0, 0.05) is 18.3 Å². The summed E-state index contributed by atoms with van der Waals surface area (Å²) < 4.78 is 38.2. The van der Waals surface area contributed by atoms with E-state index in [-0.39, 0.29) is 11.0 Å². The molecule has 0 spiro atoms. The second-order valence-electron chi connectivity index (χ2n) is 4.40. The number of hydrogen-bond donors (Lipinski definition) is 0. The van der Waals surface area contributed by atoms with Crippen molar-refractivity contribution in [2.24, 2.45) is 0 Å². The Kier molecular flexibility index (Phi) is 3.05. The Morgan fingerprint density at radius 3 is 2.65 bits per heavy atom. The fourth-order valence-electron chi connectivity index (χ4n) is 2.25. The molecule has 0 atom stereocenters. The lowest BCUT2D eigenvalue weighted by molar-refractivity contribution is -0.144. The summed E-state index contributed by atoms with van der Waals surface area (Å²) in [5.41, 5.74) is 1.94. The lowest BCUT2D eigenvalue weighted by Crippen LogP contribution is -2.19. The van der Waals surface area contributed by atoms with E-state index < -0.39 is 12.0 Å². The highest BCUT2D eigenvalue weighted by Gasteiger charge is 2.36. The molecule has 2 aromatic rings. The molecule has 0 aliphatic carbocycles. The number of fused-ring (bicyclic) bond motifs is 1. The van der Waals surface area contributed by atoms with Crippen molar-refractivity contribution in [3.63, 3.8) is 0 Å². The number of para-hydroxylation sites is 1. The van der Waals surface area contributed by atoms with Crippen LogP contribution in [0.1, 0.15) is 11.4 Å². The second kappa shape index (κ2) is 4.63. The number of rotatable bonds is 1. The Morgan fingerprint density at radius 1 is 1.15 bits per heavy atom. The van der Waals surface area contributed by atoms with Crippen LogP contribution in [0.2, 0.25) is 5.15 Å². The summed E-state index contributed by atoms with van der Waals surface area (Å²) >= 11 is 5.68. The van der Waals surface area contributed by atoms with Crippen LogP contribution in [0.3, 0.4) is 0 Å². The van der Waals surface area contributed by atoms with Crippen LogP contribution in [0.25, 0.3) is 0 Å². The smallest absolute Gasteiger partial charge is 0.326 e. The molecule has 0 saturated carbocycles. The van der Waals surface area contributed by atoms with Gasteiger partial charge in [-0.15, -0.1) is 0 Å². The van der Waals surface area contributed by atoms with Crippen LogP contribution in [0.5, 0.6) is 0 Å². The van der Waals surface area contributed by atoms with E-state index in [1.54, 1.807) is 4.90 Å². The number of nitrogens with zero attached hydrogens (tertiary/aromatic N) is 3. The van der Waals surface area contributed by atoms with E-state index in [9.17, 15) is 13.2 Å². The Hall–Kier alpha value is -1.82. The summed E-state index contributed by atoms with van der Waals surface area (Å²) in [7, 11) is 0. The molecule has 0 saturated heterocycles. The van der Waals surface area contributed by atoms with Crippen molar-refractivity contribution < 1.29 is 13.2 Å². The molecule has 3 rings (SSSR count). The van der Waals surface area contributed by atoms with E-state index in [1.165, 1.54) is 6.07 Å². The molecule has 0 bridgehead atoms. The standard InChI is InChI=1S/C13H9ClF3N3/c14-10-7-11(19-12(18-10)13(15,16)17)20-6-5-8-3-1-2-4-9(8)20/h1-4,7H,5-6H2. The van der Waals surface area contributed by atoms with Gasteiger partial charge in [-0.1, -0.05) is 29.8 Å². The SMILES string of the molecule is FC(F)(F)c1nc(Cl)cc(N2CCc3ccccc32)n1. The summed E-state index contributed by atoms with van der Waals surface area (Å²) in [6.07, 6.45) is -3.85. The molecule has 1 aliphatic heterocycles. The van der Waals surface area contributed by atoms with Crippen molar-refractivity contribution in [2.75, 3.05) is 11.4 Å². The zero-order chi connectivity index (χ0) is 14.3. The fraction of sp³-hybridized carbons (Fsp3) is 0.231. The topological polar surface area (TPSA) is 29.0 Å². The number of anilines is 2. The molecule has 0 N–H and O–H groups in total. The minimum absolute atomic E-state index is 0.169. The number of halogens is 4. The summed E-state index contributed by atoms with van der Waals surface area (Å²) in [6.45, 7) is 0.573. The maximum absolute atomic E-state index is 12.7. The van der Waals surface area contributed by atoms with Crippen LogP contribution in [0.15, 0.2) is 30.3 Å². The first-order valence-corrected chi connectivity index (χ1v) is 6.30. The molecule has 0 amide bonds. The van der Waals surface area contributed by atoms with Gasteiger partial charge in [-0.25, -0.2) is 9.97 Å². The number of aromatic nitrogens is 2. The molecular formula is C13H9ClF3N3. The van der Waals surface area contributed by atoms with Gasteiger partial charge >= 0.3 is 6.18 Å². The molecule has 1 aliphatic rings. The van der Waals surface area contributed by atoms with E-state index in [2.05, 4.69) is 9.97 Å². The number of benzene rings is 1. The first-order chi connectivity index (χ1) is 9.45. The Morgan fingerprint density at radius 2 is 1.90 bits per heavy atom. The molecule has 0 fully saturated rings. The van der Waals surface area contributed by atoms with E-state index in [0.717, 1.165) is 17.7 Å². The summed E-state index contributed by atoms with van der Waals surface area (Å²) in [4.78, 5) is 8.55. The Balaban J connectivity index is 2.06. The zero-order valence-corrected chi connectivity index (χ0v) is 10.9. The molecule has 2 heterocycles. The lowest BCUT2D eigenvalue weighted by Gasteiger charge is -2.19. The average Bonchev–Trinajstić information content (AvgIpc) is 2.80. The maximum Gasteiger partial charge on any atom is 0.451 e. The van der Waals surface area contributed by atoms with Crippen LogP contribution in [0.4, 0.5) is 24.7 Å². The van der Waals surface area contributed by atoms with Gasteiger partial charge in [0.05, 0.1) is 0 Å². The summed E-state index contributed by atoms with van der Waals surface area (Å²) in [5, 5.41) is -0.216. The predicted octanol–water partition coefficient (Wildman–Crippen LogP) is 3.84. The molecule has 0 unspecified atom stereocenters. The summed E-state index contributed by atoms with van der Waals surface area (Å²) in [5.74, 6) is -1.05. The van der Waals surface area contributed by atoms with Crippen LogP contribution < -0.4 is 4.90 Å². The van der Waals surface area contributed by atoms with Crippen LogP contribution in [-0.2, 0) is 12.6 Å². The van der Waals surface area contributed by atoms with Gasteiger partial charge in [0.1, 0.15) is 11.0 Å². The van der Waals surface area contributed by atoms with Gasteiger partial charge in [0.2, 0.25) is 5.82 Å². The first-order valence-electron chi connectivity index (χ1n) is 5.92. The average molecular weight is 300 g/mol. The Labute approximate surface area is 118 Å². The minimum atomic E-state index is -4.61. The van der Waals surface area contributed by atoms with Gasteiger partial charge in [-0.05, 0) is 18.1 Å². The highest BCUT2D eigenvalue weighted by molar-refractivity contribution is 6.29. The van der Waals surface area contributed by atoms with Gasteiger partial charge < -0.3 is 4.90 Å². The molecular weight excluding hydrogens is 291 g/mol. The normalized spacial score (nSPS) is 14.5. The van der Waals surface area contributed by atoms with Crippen molar-refractivity contribution in [3.8, 4) is 0 Å². The third-order valence-corrected chi connectivity index (χ3v) is 3.29. The molecule has 1 aromatic heterocycles. The van der Waals surface area contributed by atoms with E-state index in [4.69, 9.17) is 11.6 Å². The van der Waals surface area contributed by atoms with E-state index >= 15 is 0 Å². The zero-order valence-electron chi connectivity index (χ0n) is 10.2. The Bertz CT molecular complexity index is 658. The molecule has 3 nitrogen and oxygen atoms in total. The van der Waals surface area contributed by atoms with E-state index in [1.807, 2.05) is 24.3 Å². The molecule has 7 heteroatoms. The quantitative estimate of drug-likeness (QED) is 0.749. The van der Waals surface area contributed by atoms with Crippen molar-refractivity contribution in [1.82, 2.24) is 9.97 Å². The molecule has 104 valence electrons. The van der Waals surface area contributed by atoms with Crippen molar-refractivity contribution in [3.05, 3.63) is 46.9 Å². The molecule has 1 aromatic carbocycles. The third kappa shape index (κ3) is 2.31. The fourth-order valence-corrected chi connectivity index (χ4v) is 2.42. The number of hydrogen-bond acceptors (Lipinski definition) is 3. The van der Waals surface area contributed by atoms with Crippen LogP contribution >= 0.6 is 11.6 Å². The minimum Gasteiger partial charge on any atom is -0.326 e. The second-order valence-corrected chi connectivity index (χ2v) is 4.79. The van der Waals surface area contributed by atoms with Gasteiger partial charge in [0.15, 0.2) is 0 Å². The van der Waals surface area contributed by atoms with Gasteiger partial charge in [-0.2, -0.15) is 13.2 Å². The highest BCUT2D eigenvalue weighted by atomic mass is 35.5. The van der Waals surface area contributed by atoms with E-state index in [0.29, 0.717) is 6.54 Å². The van der Waals surface area contributed by atoms with Gasteiger partial charge in [-0.3, -0.25) is 0 Å². The van der Waals surface area contributed by atoms with Crippen molar-refractivity contribution >= 4 is 23.1 Å². The van der Waals surface area contributed by atoms with Gasteiger partial charge in [0.25, 0.3) is 0 Å². The maximum atomic E-state index is 12.7. The first kappa shape index (κ1) is 13.2. The highest BCUT2D eigenvalue weighted by Crippen LogP contribution is 2.35. The largest absolute Gasteiger partial charge is 0.451 e. The monoisotopic (exact) mass is 299 g/mol. The predicted molar refractivity (Wildman–Crippen MR) is 69.2 cm³/mol. The third-order valence-electron chi connectivity index (χ3n) is 3.10. The van der Waals surface area contributed by atoms with Crippen molar-refractivity contribution in [2.45, 2.75) is 12.6 Å². The molecule has 0 radical (unpaired) electrons. The van der Waals surface area contributed by atoms with Crippen molar-refractivity contribution in [1.29, 1.82) is 0 Å². The summed E-state index contributed by atoms with van der Waals surface area (Å²) in [6, 6.07) is 8.88.